The summed E-state index contributed by atoms with van der Waals surface area (Å²) in [5.74, 6) is 0.246. The Kier molecular flexibility index (Phi) is 3.96. The summed E-state index contributed by atoms with van der Waals surface area (Å²) in [6, 6.07) is 7.33. The van der Waals surface area contributed by atoms with Crippen LogP contribution in [0.2, 0.25) is 0 Å². The molecule has 0 bridgehead atoms. The van der Waals surface area contributed by atoms with Crippen LogP contribution in [0, 0.1) is 5.92 Å². The first-order valence-corrected chi connectivity index (χ1v) is 7.91. The van der Waals surface area contributed by atoms with Crippen molar-refractivity contribution in [2.45, 2.75) is 33.2 Å². The molecule has 0 aliphatic carbocycles. The van der Waals surface area contributed by atoms with Crippen LogP contribution in [-0.4, -0.2) is 33.7 Å². The number of para-hydroxylation sites is 1. The van der Waals surface area contributed by atoms with Gasteiger partial charge in [-0.15, -0.1) is 0 Å². The Morgan fingerprint density at radius 2 is 2.14 bits per heavy atom. The van der Waals surface area contributed by atoms with Gasteiger partial charge >= 0.3 is 0 Å². The molecule has 0 N–H and O–H groups in total. The summed E-state index contributed by atoms with van der Waals surface area (Å²) in [6.07, 6.45) is 2.12. The Bertz CT molecular complexity index is 766. The molecule has 116 valence electrons. The fraction of sp³-hybridized carbons (Fsp3) is 0.471. The van der Waals surface area contributed by atoms with Crippen LogP contribution in [0.4, 0.5) is 0 Å². The number of likely N-dealkylation sites (tertiary alicyclic amines) is 1. The maximum Gasteiger partial charge on any atom is 0.278 e. The Morgan fingerprint density at radius 1 is 1.36 bits per heavy atom. The molecule has 0 unspecified atom stereocenters. The largest absolute Gasteiger partial charge is 0.337 e. The van der Waals surface area contributed by atoms with Crippen LogP contribution in [0.15, 0.2) is 29.1 Å². The highest BCUT2D eigenvalue weighted by Gasteiger charge is 2.26. The molecule has 2 aromatic rings. The third kappa shape index (κ3) is 2.51. The Balaban J connectivity index is 2.08. The van der Waals surface area contributed by atoms with Crippen LogP contribution < -0.4 is 5.43 Å². The molecule has 1 saturated heterocycles. The summed E-state index contributed by atoms with van der Waals surface area (Å²) in [5.41, 5.74) is 0.566. The second-order valence-corrected chi connectivity index (χ2v) is 6.01. The predicted octanol–water partition coefficient (Wildman–Crippen LogP) is 2.29. The minimum atomic E-state index is -0.261. The van der Waals surface area contributed by atoms with E-state index < -0.39 is 0 Å². The van der Waals surface area contributed by atoms with Crippen LogP contribution in [0.3, 0.4) is 0 Å². The number of amides is 1. The van der Waals surface area contributed by atoms with E-state index in [1.165, 1.54) is 0 Å². The smallest absolute Gasteiger partial charge is 0.278 e. The van der Waals surface area contributed by atoms with E-state index in [-0.39, 0.29) is 17.0 Å². The molecule has 1 aliphatic rings. The quantitative estimate of drug-likeness (QED) is 0.855. The fourth-order valence-electron chi connectivity index (χ4n) is 3.14. The lowest BCUT2D eigenvalue weighted by molar-refractivity contribution is 0.0673. The van der Waals surface area contributed by atoms with Crippen molar-refractivity contribution in [1.82, 2.24) is 14.7 Å². The van der Waals surface area contributed by atoms with Crippen LogP contribution in [0.1, 0.15) is 37.2 Å². The van der Waals surface area contributed by atoms with Gasteiger partial charge in [0, 0.05) is 25.0 Å². The van der Waals surface area contributed by atoms with E-state index in [1.54, 1.807) is 15.6 Å². The summed E-state index contributed by atoms with van der Waals surface area (Å²) in [6.45, 7) is 6.14. The topological polar surface area (TPSA) is 55.2 Å². The van der Waals surface area contributed by atoms with Gasteiger partial charge < -0.3 is 4.90 Å². The summed E-state index contributed by atoms with van der Waals surface area (Å²) in [7, 11) is 0. The number of carbonyl (C=O) groups is 1. The van der Waals surface area contributed by atoms with Crippen molar-refractivity contribution in [2.24, 2.45) is 5.92 Å². The maximum atomic E-state index is 12.7. The van der Waals surface area contributed by atoms with Gasteiger partial charge in [0.2, 0.25) is 5.43 Å². The molecule has 0 spiro atoms. The molecule has 2 heterocycles. The molecule has 1 atom stereocenters. The standard InChI is InChI=1S/C17H21N3O2/c1-3-20-14-9-5-4-8-13(14)16(21)15(18-20)17(22)19-10-6-7-12(2)11-19/h4-5,8-9,12H,3,6-7,10-11H2,1-2H3/t12-/m1/s1. The van der Waals surface area contributed by atoms with Gasteiger partial charge in [0.1, 0.15) is 0 Å². The maximum absolute atomic E-state index is 12.7. The molecule has 0 radical (unpaired) electrons. The monoisotopic (exact) mass is 299 g/mol. The molecular formula is C17H21N3O2. The highest BCUT2D eigenvalue weighted by Crippen LogP contribution is 2.17. The zero-order valence-electron chi connectivity index (χ0n) is 13.1. The average molecular weight is 299 g/mol. The number of hydrogen-bond donors (Lipinski definition) is 0. The van der Waals surface area contributed by atoms with E-state index in [2.05, 4.69) is 12.0 Å². The van der Waals surface area contributed by atoms with Gasteiger partial charge in [-0.25, -0.2) is 0 Å². The van der Waals surface area contributed by atoms with Crippen molar-refractivity contribution in [3.8, 4) is 0 Å². The van der Waals surface area contributed by atoms with Crippen LogP contribution >= 0.6 is 0 Å². The molecule has 5 heteroatoms. The highest BCUT2D eigenvalue weighted by atomic mass is 16.2. The van der Waals surface area contributed by atoms with Crippen LogP contribution in [-0.2, 0) is 6.54 Å². The van der Waals surface area contributed by atoms with Gasteiger partial charge in [0.25, 0.3) is 5.91 Å². The van der Waals surface area contributed by atoms with Crippen LogP contribution in [0.5, 0.6) is 0 Å². The van der Waals surface area contributed by atoms with Gasteiger partial charge in [-0.05, 0) is 37.8 Å². The molecule has 3 rings (SSSR count). The third-order valence-corrected chi connectivity index (χ3v) is 4.31. The molecule has 5 nitrogen and oxygen atoms in total. The van der Waals surface area contributed by atoms with Gasteiger partial charge in [-0.2, -0.15) is 5.10 Å². The lowest BCUT2D eigenvalue weighted by Gasteiger charge is -2.30. The van der Waals surface area contributed by atoms with E-state index in [0.29, 0.717) is 30.9 Å². The number of carbonyl (C=O) groups excluding carboxylic acids is 1. The van der Waals surface area contributed by atoms with E-state index in [1.807, 2.05) is 25.1 Å². The normalized spacial score (nSPS) is 18.6. The van der Waals surface area contributed by atoms with E-state index in [0.717, 1.165) is 18.4 Å². The average Bonchev–Trinajstić information content (AvgIpc) is 2.55. The molecule has 22 heavy (non-hydrogen) atoms. The molecule has 1 aliphatic heterocycles. The first-order chi connectivity index (χ1) is 10.6. The number of aryl methyl sites for hydroxylation is 1. The van der Waals surface area contributed by atoms with Crippen LogP contribution in [0.25, 0.3) is 10.9 Å². The second-order valence-electron chi connectivity index (χ2n) is 6.01. The molecule has 1 amide bonds. The minimum absolute atomic E-state index is 0.0506. The zero-order chi connectivity index (χ0) is 15.7. The van der Waals surface area contributed by atoms with Gasteiger partial charge in [0.15, 0.2) is 5.69 Å². The lowest BCUT2D eigenvalue weighted by atomic mass is 10.00. The lowest BCUT2D eigenvalue weighted by Crippen LogP contribution is -2.42. The van der Waals surface area contributed by atoms with Crippen molar-refractivity contribution in [1.29, 1.82) is 0 Å². The molecule has 1 fully saturated rings. The Hall–Kier alpha value is -2.17. The SMILES string of the molecule is CCn1nc(C(=O)N2CCC[C@@H](C)C2)c(=O)c2ccccc21. The zero-order valence-corrected chi connectivity index (χ0v) is 13.1. The molecule has 1 aromatic carbocycles. The summed E-state index contributed by atoms with van der Waals surface area (Å²) in [5, 5.41) is 4.89. The molecule has 0 saturated carbocycles. The number of piperidine rings is 1. The fourth-order valence-corrected chi connectivity index (χ4v) is 3.14. The number of aromatic nitrogens is 2. The first-order valence-electron chi connectivity index (χ1n) is 7.91. The van der Waals surface area contributed by atoms with E-state index in [9.17, 15) is 9.59 Å². The summed E-state index contributed by atoms with van der Waals surface area (Å²) < 4.78 is 1.73. The van der Waals surface area contributed by atoms with Crippen molar-refractivity contribution < 1.29 is 4.79 Å². The van der Waals surface area contributed by atoms with Gasteiger partial charge in [0.05, 0.1) is 5.52 Å². The van der Waals surface area contributed by atoms with Crippen molar-refractivity contribution in [3.05, 3.63) is 40.2 Å². The number of fused-ring (bicyclic) bond motifs is 1. The summed E-state index contributed by atoms with van der Waals surface area (Å²) >= 11 is 0. The summed E-state index contributed by atoms with van der Waals surface area (Å²) in [4.78, 5) is 27.1. The Labute approximate surface area is 129 Å². The Morgan fingerprint density at radius 3 is 2.86 bits per heavy atom. The van der Waals surface area contributed by atoms with Gasteiger partial charge in [-0.3, -0.25) is 14.3 Å². The number of hydrogen-bond acceptors (Lipinski definition) is 3. The highest BCUT2D eigenvalue weighted by molar-refractivity contribution is 5.95. The third-order valence-electron chi connectivity index (χ3n) is 4.31. The van der Waals surface area contributed by atoms with Crippen molar-refractivity contribution >= 4 is 16.8 Å². The number of nitrogens with zero attached hydrogens (tertiary/aromatic N) is 3. The molecule has 1 aromatic heterocycles. The van der Waals surface area contributed by atoms with E-state index >= 15 is 0 Å². The van der Waals surface area contributed by atoms with Crippen molar-refractivity contribution in [3.63, 3.8) is 0 Å². The van der Waals surface area contributed by atoms with E-state index in [4.69, 9.17) is 0 Å². The van der Waals surface area contributed by atoms with Crippen molar-refractivity contribution in [2.75, 3.05) is 13.1 Å². The van der Waals surface area contributed by atoms with Gasteiger partial charge in [-0.1, -0.05) is 19.1 Å². The number of benzene rings is 1. The predicted molar refractivity (Wildman–Crippen MR) is 86.0 cm³/mol. The molecular weight excluding hydrogens is 278 g/mol. The second kappa shape index (κ2) is 5.91. The first kappa shape index (κ1) is 14.8. The number of rotatable bonds is 2. The minimum Gasteiger partial charge on any atom is -0.337 e.